The van der Waals surface area contributed by atoms with Gasteiger partial charge < -0.3 is 10.5 Å². The molecule has 0 saturated heterocycles. The van der Waals surface area contributed by atoms with Crippen LogP contribution in [0.1, 0.15) is 12.5 Å². The first-order valence-electron chi connectivity index (χ1n) is 5.51. The Kier molecular flexibility index (Phi) is 4.79. The SMILES string of the molecule is COc1ccc2cc(CC(C)N)ccc2c1.Cl. The summed E-state index contributed by atoms with van der Waals surface area (Å²) in [5.74, 6) is 0.896. The molecule has 0 amide bonds. The monoisotopic (exact) mass is 251 g/mol. The fourth-order valence-corrected chi connectivity index (χ4v) is 1.90. The topological polar surface area (TPSA) is 35.2 Å². The lowest BCUT2D eigenvalue weighted by Gasteiger charge is -2.07. The first kappa shape index (κ1) is 13.8. The van der Waals surface area contributed by atoms with Gasteiger partial charge in [0.2, 0.25) is 0 Å². The molecule has 2 rings (SSSR count). The molecule has 0 saturated carbocycles. The maximum atomic E-state index is 5.79. The second-order valence-electron chi connectivity index (χ2n) is 4.23. The van der Waals surface area contributed by atoms with Gasteiger partial charge in [-0.05, 0) is 41.8 Å². The fraction of sp³-hybridized carbons (Fsp3) is 0.286. The van der Waals surface area contributed by atoms with E-state index in [9.17, 15) is 0 Å². The van der Waals surface area contributed by atoms with Gasteiger partial charge in [-0.3, -0.25) is 0 Å². The Labute approximate surface area is 108 Å². The van der Waals surface area contributed by atoms with Crippen LogP contribution in [-0.4, -0.2) is 13.2 Å². The molecule has 2 nitrogen and oxygen atoms in total. The number of halogens is 1. The molecule has 0 spiro atoms. The molecule has 92 valence electrons. The molecule has 0 bridgehead atoms. The summed E-state index contributed by atoms with van der Waals surface area (Å²) in [4.78, 5) is 0. The smallest absolute Gasteiger partial charge is 0.119 e. The first-order chi connectivity index (χ1) is 7.69. The van der Waals surface area contributed by atoms with Gasteiger partial charge in [0.25, 0.3) is 0 Å². The number of ether oxygens (including phenoxy) is 1. The highest BCUT2D eigenvalue weighted by atomic mass is 35.5. The van der Waals surface area contributed by atoms with Gasteiger partial charge in [-0.15, -0.1) is 12.4 Å². The van der Waals surface area contributed by atoms with E-state index >= 15 is 0 Å². The zero-order valence-corrected chi connectivity index (χ0v) is 11.0. The molecule has 0 aliphatic carbocycles. The predicted octanol–water partition coefficient (Wildman–Crippen LogP) is 3.16. The number of methoxy groups -OCH3 is 1. The number of rotatable bonds is 3. The van der Waals surface area contributed by atoms with Crippen LogP contribution in [0.2, 0.25) is 0 Å². The molecule has 0 fully saturated rings. The molecule has 17 heavy (non-hydrogen) atoms. The number of benzene rings is 2. The first-order valence-corrected chi connectivity index (χ1v) is 5.51. The normalized spacial score (nSPS) is 11.9. The van der Waals surface area contributed by atoms with Crippen molar-refractivity contribution in [3.8, 4) is 5.75 Å². The molecule has 2 N–H and O–H groups in total. The third kappa shape index (κ3) is 3.35. The van der Waals surface area contributed by atoms with Crippen molar-refractivity contribution in [2.24, 2.45) is 5.73 Å². The van der Waals surface area contributed by atoms with Crippen molar-refractivity contribution in [2.75, 3.05) is 7.11 Å². The molecule has 0 heterocycles. The highest BCUT2D eigenvalue weighted by molar-refractivity contribution is 5.85. The quantitative estimate of drug-likeness (QED) is 0.910. The predicted molar refractivity (Wildman–Crippen MR) is 75.1 cm³/mol. The maximum absolute atomic E-state index is 5.79. The van der Waals surface area contributed by atoms with E-state index in [1.165, 1.54) is 16.3 Å². The highest BCUT2D eigenvalue weighted by Crippen LogP contribution is 2.22. The van der Waals surface area contributed by atoms with E-state index in [0.29, 0.717) is 0 Å². The van der Waals surface area contributed by atoms with Gasteiger partial charge in [0, 0.05) is 6.04 Å². The Morgan fingerprint density at radius 1 is 1.12 bits per heavy atom. The average molecular weight is 252 g/mol. The minimum Gasteiger partial charge on any atom is -0.497 e. The van der Waals surface area contributed by atoms with Crippen LogP contribution < -0.4 is 10.5 Å². The van der Waals surface area contributed by atoms with Crippen LogP contribution in [0.15, 0.2) is 36.4 Å². The van der Waals surface area contributed by atoms with Crippen molar-refractivity contribution in [1.82, 2.24) is 0 Å². The Bertz CT molecular complexity index is 497. The maximum Gasteiger partial charge on any atom is 0.119 e. The van der Waals surface area contributed by atoms with Crippen molar-refractivity contribution in [3.63, 3.8) is 0 Å². The number of nitrogens with two attached hydrogens (primary N) is 1. The standard InChI is InChI=1S/C14H17NO.ClH/c1-10(15)7-11-3-4-13-9-14(16-2)6-5-12(13)8-11;/h3-6,8-10H,7,15H2,1-2H3;1H. The molecule has 1 atom stereocenters. The summed E-state index contributed by atoms with van der Waals surface area (Å²) in [6, 6.07) is 12.8. The van der Waals surface area contributed by atoms with Crippen molar-refractivity contribution < 1.29 is 4.74 Å². The van der Waals surface area contributed by atoms with Crippen LogP contribution in [0.3, 0.4) is 0 Å². The zero-order chi connectivity index (χ0) is 11.5. The number of hydrogen-bond donors (Lipinski definition) is 1. The summed E-state index contributed by atoms with van der Waals surface area (Å²) in [6.45, 7) is 2.03. The highest BCUT2D eigenvalue weighted by Gasteiger charge is 2.01. The van der Waals surface area contributed by atoms with E-state index < -0.39 is 0 Å². The van der Waals surface area contributed by atoms with Crippen LogP contribution in [0.4, 0.5) is 0 Å². The van der Waals surface area contributed by atoms with E-state index in [1.807, 2.05) is 19.1 Å². The number of fused-ring (bicyclic) bond motifs is 1. The number of hydrogen-bond acceptors (Lipinski definition) is 2. The second kappa shape index (κ2) is 5.89. The largest absolute Gasteiger partial charge is 0.497 e. The van der Waals surface area contributed by atoms with Gasteiger partial charge in [0.1, 0.15) is 5.75 Å². The lowest BCUT2D eigenvalue weighted by molar-refractivity contribution is 0.415. The summed E-state index contributed by atoms with van der Waals surface area (Å²) in [6.07, 6.45) is 0.919. The van der Waals surface area contributed by atoms with Gasteiger partial charge >= 0.3 is 0 Å². The van der Waals surface area contributed by atoms with Crippen molar-refractivity contribution in [3.05, 3.63) is 42.0 Å². The van der Waals surface area contributed by atoms with Gasteiger partial charge in [-0.2, -0.15) is 0 Å². The molecule has 2 aromatic carbocycles. The van der Waals surface area contributed by atoms with E-state index in [1.54, 1.807) is 7.11 Å². The zero-order valence-electron chi connectivity index (χ0n) is 10.1. The van der Waals surface area contributed by atoms with Gasteiger partial charge in [-0.25, -0.2) is 0 Å². The average Bonchev–Trinajstić information content (AvgIpc) is 2.27. The molecule has 2 aromatic rings. The van der Waals surface area contributed by atoms with Gasteiger partial charge in [-0.1, -0.05) is 24.3 Å². The molecule has 0 aromatic heterocycles. The van der Waals surface area contributed by atoms with Gasteiger partial charge in [0.15, 0.2) is 0 Å². The fourth-order valence-electron chi connectivity index (χ4n) is 1.90. The molecule has 0 aliphatic rings. The van der Waals surface area contributed by atoms with Crippen LogP contribution >= 0.6 is 12.4 Å². The van der Waals surface area contributed by atoms with E-state index in [2.05, 4.69) is 24.3 Å². The Morgan fingerprint density at radius 3 is 2.41 bits per heavy atom. The lowest BCUT2D eigenvalue weighted by Crippen LogP contribution is -2.17. The second-order valence-corrected chi connectivity index (χ2v) is 4.23. The third-order valence-corrected chi connectivity index (χ3v) is 2.67. The molecule has 1 unspecified atom stereocenters. The summed E-state index contributed by atoms with van der Waals surface area (Å²) in [5.41, 5.74) is 7.08. The molecular weight excluding hydrogens is 234 g/mol. The van der Waals surface area contributed by atoms with Crippen molar-refractivity contribution in [2.45, 2.75) is 19.4 Å². The van der Waals surface area contributed by atoms with Crippen LogP contribution in [-0.2, 0) is 6.42 Å². The Hall–Kier alpha value is -1.25. The Morgan fingerprint density at radius 2 is 1.76 bits per heavy atom. The molecule has 0 aliphatic heterocycles. The summed E-state index contributed by atoms with van der Waals surface area (Å²) < 4.78 is 5.20. The van der Waals surface area contributed by atoms with Crippen molar-refractivity contribution in [1.29, 1.82) is 0 Å². The summed E-state index contributed by atoms with van der Waals surface area (Å²) >= 11 is 0. The van der Waals surface area contributed by atoms with Crippen LogP contribution in [0.5, 0.6) is 5.75 Å². The van der Waals surface area contributed by atoms with Crippen LogP contribution in [0.25, 0.3) is 10.8 Å². The minimum absolute atomic E-state index is 0. The van der Waals surface area contributed by atoms with E-state index in [4.69, 9.17) is 10.5 Å². The lowest BCUT2D eigenvalue weighted by atomic mass is 10.0. The summed E-state index contributed by atoms with van der Waals surface area (Å²) in [5, 5.41) is 2.44. The van der Waals surface area contributed by atoms with E-state index in [-0.39, 0.29) is 18.4 Å². The molecule has 3 heteroatoms. The third-order valence-electron chi connectivity index (χ3n) is 2.67. The summed E-state index contributed by atoms with van der Waals surface area (Å²) in [7, 11) is 1.69. The molecular formula is C14H18ClNO. The van der Waals surface area contributed by atoms with E-state index in [0.717, 1.165) is 12.2 Å². The minimum atomic E-state index is 0. The van der Waals surface area contributed by atoms with Crippen LogP contribution in [0, 0.1) is 0 Å². The molecule has 0 radical (unpaired) electrons. The van der Waals surface area contributed by atoms with Crippen molar-refractivity contribution >= 4 is 23.2 Å². The van der Waals surface area contributed by atoms with Gasteiger partial charge in [0.05, 0.1) is 7.11 Å². The Balaban J connectivity index is 0.00000144.